The van der Waals surface area contributed by atoms with Crippen molar-refractivity contribution < 1.29 is 9.53 Å². The summed E-state index contributed by atoms with van der Waals surface area (Å²) in [7, 11) is 0. The minimum Gasteiger partial charge on any atom is -0.458 e. The number of hydrogen-bond donors (Lipinski definition) is 0. The van der Waals surface area contributed by atoms with Crippen LogP contribution in [0.25, 0.3) is 22.3 Å². The number of esters is 1. The molecular weight excluding hydrogens is 356 g/mol. The van der Waals surface area contributed by atoms with E-state index >= 15 is 0 Å². The largest absolute Gasteiger partial charge is 0.458 e. The zero-order valence-corrected chi connectivity index (χ0v) is 17.7. The molecule has 3 aromatic carbocycles. The molecule has 0 spiro atoms. The number of rotatable bonds is 8. The van der Waals surface area contributed by atoms with Gasteiger partial charge in [0.25, 0.3) is 0 Å². The van der Waals surface area contributed by atoms with Crippen LogP contribution in [0, 0.1) is 0 Å². The summed E-state index contributed by atoms with van der Waals surface area (Å²) < 4.78 is 5.31. The van der Waals surface area contributed by atoms with E-state index in [9.17, 15) is 4.79 Å². The Morgan fingerprint density at radius 2 is 1.55 bits per heavy atom. The molecule has 0 aliphatic carbocycles. The molecule has 0 aliphatic heterocycles. The quantitative estimate of drug-likeness (QED) is 0.298. The first-order valence-corrected chi connectivity index (χ1v) is 10.5. The molecule has 150 valence electrons. The van der Waals surface area contributed by atoms with Crippen LogP contribution in [-0.2, 0) is 16.0 Å². The van der Waals surface area contributed by atoms with Crippen molar-refractivity contribution in [2.45, 2.75) is 52.6 Å². The average molecular weight is 387 g/mol. The molecule has 0 aliphatic rings. The van der Waals surface area contributed by atoms with Crippen LogP contribution in [0.3, 0.4) is 0 Å². The van der Waals surface area contributed by atoms with Gasteiger partial charge >= 0.3 is 5.97 Å². The fourth-order valence-electron chi connectivity index (χ4n) is 3.68. The van der Waals surface area contributed by atoms with Crippen LogP contribution in [0.5, 0.6) is 0 Å². The van der Waals surface area contributed by atoms with E-state index in [0.717, 1.165) is 12.0 Å². The Hall–Kier alpha value is -2.87. The molecule has 0 radical (unpaired) electrons. The highest BCUT2D eigenvalue weighted by Crippen LogP contribution is 2.34. The summed E-state index contributed by atoms with van der Waals surface area (Å²) in [6.07, 6.45) is 4.59. The van der Waals surface area contributed by atoms with Crippen molar-refractivity contribution in [3.63, 3.8) is 0 Å². The normalized spacial score (nSPS) is 11.8. The van der Waals surface area contributed by atoms with Crippen LogP contribution < -0.4 is 0 Å². The molecule has 1 unspecified atom stereocenters. The maximum absolute atomic E-state index is 11.2. The van der Waals surface area contributed by atoms with E-state index in [0.29, 0.717) is 0 Å². The highest BCUT2D eigenvalue weighted by molar-refractivity contribution is 5.84. The summed E-state index contributed by atoms with van der Waals surface area (Å²) in [6, 6.07) is 25.8. The second kappa shape index (κ2) is 10.1. The molecule has 2 heteroatoms. The predicted octanol–water partition coefficient (Wildman–Crippen LogP) is 7.38. The van der Waals surface area contributed by atoms with Crippen LogP contribution >= 0.6 is 0 Å². The van der Waals surface area contributed by atoms with Crippen molar-refractivity contribution in [1.82, 2.24) is 0 Å². The molecule has 3 aromatic rings. The molecule has 1 atom stereocenters. The third-order valence-corrected chi connectivity index (χ3v) is 5.27. The molecule has 0 bridgehead atoms. The molecule has 29 heavy (non-hydrogen) atoms. The van der Waals surface area contributed by atoms with Crippen LogP contribution in [0.1, 0.15) is 57.3 Å². The third kappa shape index (κ3) is 5.57. The number of aryl methyl sites for hydroxylation is 1. The Balaban J connectivity index is 1.96. The SMILES string of the molecule is CCCCCc1ccc(-c2ccccc2)c(-c2ccc(C(C)OC(C)=O)cc2)c1. The van der Waals surface area contributed by atoms with E-state index in [2.05, 4.69) is 73.7 Å². The van der Waals surface area contributed by atoms with E-state index < -0.39 is 0 Å². The minimum absolute atomic E-state index is 0.240. The van der Waals surface area contributed by atoms with Crippen molar-refractivity contribution in [3.05, 3.63) is 83.9 Å². The number of unbranched alkanes of at least 4 members (excludes halogenated alkanes) is 2. The summed E-state index contributed by atoms with van der Waals surface area (Å²) in [6.45, 7) is 5.59. The number of hydrogen-bond acceptors (Lipinski definition) is 2. The van der Waals surface area contributed by atoms with Gasteiger partial charge in [0.1, 0.15) is 6.10 Å². The van der Waals surface area contributed by atoms with Crippen molar-refractivity contribution in [3.8, 4) is 22.3 Å². The Morgan fingerprint density at radius 3 is 2.21 bits per heavy atom. The summed E-state index contributed by atoms with van der Waals surface area (Å²) in [5.41, 5.74) is 7.28. The smallest absolute Gasteiger partial charge is 0.303 e. The number of benzene rings is 3. The second-order valence-corrected chi connectivity index (χ2v) is 7.58. The van der Waals surface area contributed by atoms with Gasteiger partial charge in [-0.25, -0.2) is 0 Å². The molecule has 0 N–H and O–H groups in total. The van der Waals surface area contributed by atoms with Gasteiger partial charge in [0.05, 0.1) is 0 Å². The molecule has 0 fully saturated rings. The van der Waals surface area contributed by atoms with E-state index in [4.69, 9.17) is 4.74 Å². The maximum atomic E-state index is 11.2. The third-order valence-electron chi connectivity index (χ3n) is 5.27. The number of carbonyl (C=O) groups excluding carboxylic acids is 1. The number of carbonyl (C=O) groups is 1. The Morgan fingerprint density at radius 1 is 0.862 bits per heavy atom. The summed E-state index contributed by atoms with van der Waals surface area (Å²) in [5.74, 6) is -0.257. The highest BCUT2D eigenvalue weighted by atomic mass is 16.5. The fourth-order valence-corrected chi connectivity index (χ4v) is 3.68. The lowest BCUT2D eigenvalue weighted by Crippen LogP contribution is -2.04. The first kappa shape index (κ1) is 20.9. The molecule has 0 heterocycles. The van der Waals surface area contributed by atoms with Crippen LogP contribution in [0.15, 0.2) is 72.8 Å². The first-order valence-electron chi connectivity index (χ1n) is 10.5. The van der Waals surface area contributed by atoms with Gasteiger partial charge in [-0.1, -0.05) is 92.6 Å². The summed E-state index contributed by atoms with van der Waals surface area (Å²) in [4.78, 5) is 11.2. The molecular formula is C27H30O2. The average Bonchev–Trinajstić information content (AvgIpc) is 2.74. The zero-order chi connectivity index (χ0) is 20.6. The maximum Gasteiger partial charge on any atom is 0.303 e. The van der Waals surface area contributed by atoms with Crippen molar-refractivity contribution in [1.29, 1.82) is 0 Å². The van der Waals surface area contributed by atoms with Gasteiger partial charge in [0, 0.05) is 6.92 Å². The minimum atomic E-state index is -0.257. The van der Waals surface area contributed by atoms with E-state index in [1.165, 1.54) is 54.0 Å². The van der Waals surface area contributed by atoms with Crippen molar-refractivity contribution >= 4 is 5.97 Å². The lowest BCUT2D eigenvalue weighted by atomic mass is 9.91. The lowest BCUT2D eigenvalue weighted by molar-refractivity contribution is -0.145. The van der Waals surface area contributed by atoms with Crippen LogP contribution in [-0.4, -0.2) is 5.97 Å². The van der Waals surface area contributed by atoms with Gasteiger partial charge in [-0.15, -0.1) is 0 Å². The predicted molar refractivity (Wildman–Crippen MR) is 121 cm³/mol. The van der Waals surface area contributed by atoms with Crippen molar-refractivity contribution in [2.24, 2.45) is 0 Å². The van der Waals surface area contributed by atoms with Gasteiger partial charge in [-0.3, -0.25) is 4.79 Å². The van der Waals surface area contributed by atoms with Gasteiger partial charge in [-0.2, -0.15) is 0 Å². The fraction of sp³-hybridized carbons (Fsp3) is 0.296. The van der Waals surface area contributed by atoms with Gasteiger partial charge in [0.2, 0.25) is 0 Å². The molecule has 3 rings (SSSR count). The van der Waals surface area contributed by atoms with Crippen LogP contribution in [0.4, 0.5) is 0 Å². The second-order valence-electron chi connectivity index (χ2n) is 7.58. The Labute approximate surface area is 174 Å². The van der Waals surface area contributed by atoms with E-state index in [1.54, 1.807) is 0 Å². The monoisotopic (exact) mass is 386 g/mol. The van der Waals surface area contributed by atoms with Crippen molar-refractivity contribution in [2.75, 3.05) is 0 Å². The van der Waals surface area contributed by atoms with Gasteiger partial charge < -0.3 is 4.74 Å². The topological polar surface area (TPSA) is 26.3 Å². The lowest BCUT2D eigenvalue weighted by Gasteiger charge is -2.15. The summed E-state index contributed by atoms with van der Waals surface area (Å²) in [5, 5.41) is 0. The standard InChI is InChI=1S/C27H30O2/c1-4-5-7-10-22-13-18-26(24-11-8-6-9-12-24)27(19-22)25-16-14-23(15-17-25)20(2)29-21(3)28/h6,8-9,11-20H,4-5,7,10H2,1-3H3. The Kier molecular flexibility index (Phi) is 7.24. The molecule has 0 aromatic heterocycles. The molecule has 0 saturated carbocycles. The zero-order valence-electron chi connectivity index (χ0n) is 17.7. The number of ether oxygens (including phenoxy) is 1. The molecule has 2 nitrogen and oxygen atoms in total. The van der Waals surface area contributed by atoms with E-state index in [-0.39, 0.29) is 12.1 Å². The van der Waals surface area contributed by atoms with E-state index in [1.807, 2.05) is 13.0 Å². The van der Waals surface area contributed by atoms with Gasteiger partial charge in [-0.05, 0) is 53.1 Å². The summed E-state index contributed by atoms with van der Waals surface area (Å²) >= 11 is 0. The molecule has 0 saturated heterocycles. The van der Waals surface area contributed by atoms with Crippen LogP contribution in [0.2, 0.25) is 0 Å². The molecule has 0 amide bonds. The first-order chi connectivity index (χ1) is 14.1. The van der Waals surface area contributed by atoms with Gasteiger partial charge in [0.15, 0.2) is 0 Å². The Bertz CT molecular complexity index is 927. The highest BCUT2D eigenvalue weighted by Gasteiger charge is 2.12.